The molecule has 0 radical (unpaired) electrons. The van der Waals surface area contributed by atoms with Crippen LogP contribution in [0.15, 0.2) is 71.5 Å². The third-order valence-corrected chi connectivity index (χ3v) is 5.02. The largest absolute Gasteiger partial charge is 0.435 e. The summed E-state index contributed by atoms with van der Waals surface area (Å²) in [4.78, 5) is 15.8. The first-order chi connectivity index (χ1) is 14.4. The number of halogens is 3. The number of pyridine rings is 1. The monoisotopic (exact) mass is 409 g/mol. The summed E-state index contributed by atoms with van der Waals surface area (Å²) in [6, 6.07) is 18.7. The summed E-state index contributed by atoms with van der Waals surface area (Å²) in [5.74, 6) is -0.417. The van der Waals surface area contributed by atoms with Gasteiger partial charge < -0.3 is 9.72 Å². The van der Waals surface area contributed by atoms with E-state index in [4.69, 9.17) is 0 Å². The predicted molar refractivity (Wildman–Crippen MR) is 111 cm³/mol. The Bertz CT molecular complexity index is 1250. The number of alkyl halides is 2. The minimum atomic E-state index is -2.84. The number of aromatic amines is 1. The van der Waals surface area contributed by atoms with Crippen LogP contribution < -0.4 is 10.2 Å². The number of benzene rings is 3. The molecular formula is C24H18F3NO2. The molecule has 0 saturated carbocycles. The highest BCUT2D eigenvalue weighted by Crippen LogP contribution is 2.24. The van der Waals surface area contributed by atoms with Crippen LogP contribution in [0.25, 0.3) is 22.2 Å². The highest BCUT2D eigenvalue weighted by molar-refractivity contribution is 5.83. The van der Waals surface area contributed by atoms with Crippen molar-refractivity contribution >= 4 is 10.9 Å². The molecule has 0 spiro atoms. The number of hydrogen-bond acceptors (Lipinski definition) is 2. The molecule has 4 aromatic rings. The zero-order valence-electron chi connectivity index (χ0n) is 16.1. The lowest BCUT2D eigenvalue weighted by Gasteiger charge is -2.10. The molecule has 1 heterocycles. The van der Waals surface area contributed by atoms with E-state index in [9.17, 15) is 18.0 Å². The minimum Gasteiger partial charge on any atom is -0.435 e. The molecular weight excluding hydrogens is 391 g/mol. The molecule has 0 aliphatic rings. The summed E-state index contributed by atoms with van der Waals surface area (Å²) in [6.45, 7) is -1.17. The zero-order valence-corrected chi connectivity index (χ0v) is 16.1. The van der Waals surface area contributed by atoms with E-state index in [2.05, 4.69) is 9.72 Å². The van der Waals surface area contributed by atoms with Gasteiger partial charge in [-0.15, -0.1) is 0 Å². The zero-order chi connectivity index (χ0) is 21.3. The molecule has 30 heavy (non-hydrogen) atoms. The molecule has 0 bridgehead atoms. The van der Waals surface area contributed by atoms with Gasteiger partial charge in [0.1, 0.15) is 11.6 Å². The van der Waals surface area contributed by atoms with Crippen LogP contribution >= 0.6 is 0 Å². The second kappa shape index (κ2) is 8.06. The molecule has 0 aliphatic heterocycles. The van der Waals surface area contributed by atoms with Gasteiger partial charge in [0.2, 0.25) is 0 Å². The van der Waals surface area contributed by atoms with Gasteiger partial charge >= 0.3 is 6.61 Å². The predicted octanol–water partition coefficient (Wildman–Crippen LogP) is 5.83. The standard InChI is InChI=1S/C24H18F3NO2/c1-14-22(28-20-4-2-3-19(25)21(20)23(14)29)17-9-5-15(6-10-17)13-16-7-11-18(12-8-16)30-24(26)27/h2-12,24H,13H2,1H3,(H,28,29). The van der Waals surface area contributed by atoms with Crippen molar-refractivity contribution in [2.24, 2.45) is 0 Å². The SMILES string of the molecule is Cc1c(-c2ccc(Cc3ccc(OC(F)F)cc3)cc2)[nH]c2cccc(F)c2c1=O. The lowest BCUT2D eigenvalue weighted by molar-refractivity contribution is -0.0498. The Balaban J connectivity index is 1.60. The fourth-order valence-corrected chi connectivity index (χ4v) is 3.49. The molecule has 0 saturated heterocycles. The van der Waals surface area contributed by atoms with E-state index >= 15 is 0 Å². The van der Waals surface area contributed by atoms with Crippen molar-refractivity contribution in [3.63, 3.8) is 0 Å². The molecule has 0 aliphatic carbocycles. The van der Waals surface area contributed by atoms with Gasteiger partial charge in [0.05, 0.1) is 16.6 Å². The van der Waals surface area contributed by atoms with E-state index in [0.29, 0.717) is 23.2 Å². The summed E-state index contributed by atoms with van der Waals surface area (Å²) in [7, 11) is 0. The molecule has 3 aromatic carbocycles. The van der Waals surface area contributed by atoms with Gasteiger partial charge in [-0.1, -0.05) is 42.5 Å². The smallest absolute Gasteiger partial charge is 0.387 e. The third kappa shape index (κ3) is 3.94. The van der Waals surface area contributed by atoms with Gasteiger partial charge in [0.15, 0.2) is 5.43 Å². The van der Waals surface area contributed by atoms with E-state index in [1.54, 1.807) is 31.2 Å². The van der Waals surface area contributed by atoms with Crippen LogP contribution in [-0.2, 0) is 6.42 Å². The van der Waals surface area contributed by atoms with Crippen molar-refractivity contribution in [3.05, 3.63) is 99.5 Å². The molecule has 152 valence electrons. The van der Waals surface area contributed by atoms with Gasteiger partial charge in [-0.3, -0.25) is 4.79 Å². The van der Waals surface area contributed by atoms with Gasteiger partial charge in [0.25, 0.3) is 0 Å². The first-order valence-corrected chi connectivity index (χ1v) is 9.36. The van der Waals surface area contributed by atoms with Crippen LogP contribution in [0, 0.1) is 12.7 Å². The maximum atomic E-state index is 14.0. The Labute approximate surface area is 170 Å². The van der Waals surface area contributed by atoms with Crippen molar-refractivity contribution in [3.8, 4) is 17.0 Å². The Morgan fingerprint density at radius 1 is 0.933 bits per heavy atom. The van der Waals surface area contributed by atoms with Crippen LogP contribution in [0.4, 0.5) is 13.2 Å². The maximum Gasteiger partial charge on any atom is 0.387 e. The second-order valence-corrected chi connectivity index (χ2v) is 7.01. The average molecular weight is 409 g/mol. The number of H-pyrrole nitrogens is 1. The van der Waals surface area contributed by atoms with Crippen LogP contribution in [-0.4, -0.2) is 11.6 Å². The summed E-state index contributed by atoms with van der Waals surface area (Å²) in [5, 5.41) is 0.0645. The first-order valence-electron chi connectivity index (χ1n) is 9.36. The van der Waals surface area contributed by atoms with Crippen molar-refractivity contribution in [2.75, 3.05) is 0 Å². The van der Waals surface area contributed by atoms with E-state index in [1.165, 1.54) is 18.2 Å². The quantitative estimate of drug-likeness (QED) is 0.450. The molecule has 0 unspecified atom stereocenters. The molecule has 1 N–H and O–H groups in total. The number of fused-ring (bicyclic) bond motifs is 1. The van der Waals surface area contributed by atoms with Crippen molar-refractivity contribution in [1.82, 2.24) is 4.98 Å². The molecule has 6 heteroatoms. The van der Waals surface area contributed by atoms with Crippen molar-refractivity contribution < 1.29 is 17.9 Å². The Kier molecular flexibility index (Phi) is 5.31. The lowest BCUT2D eigenvalue weighted by atomic mass is 10.00. The summed E-state index contributed by atoms with van der Waals surface area (Å²) in [6.07, 6.45) is 0.619. The van der Waals surface area contributed by atoms with Gasteiger partial charge in [-0.2, -0.15) is 8.78 Å². The topological polar surface area (TPSA) is 42.1 Å². The summed E-state index contributed by atoms with van der Waals surface area (Å²) in [5.41, 5.74) is 4.03. The normalized spacial score (nSPS) is 11.2. The fourth-order valence-electron chi connectivity index (χ4n) is 3.49. The van der Waals surface area contributed by atoms with Crippen molar-refractivity contribution in [2.45, 2.75) is 20.0 Å². The van der Waals surface area contributed by atoms with E-state index in [1.807, 2.05) is 24.3 Å². The van der Waals surface area contributed by atoms with Crippen LogP contribution in [0.2, 0.25) is 0 Å². The molecule has 0 amide bonds. The van der Waals surface area contributed by atoms with E-state index in [-0.39, 0.29) is 16.6 Å². The highest BCUT2D eigenvalue weighted by Gasteiger charge is 2.13. The number of rotatable bonds is 5. The van der Waals surface area contributed by atoms with Crippen LogP contribution in [0.3, 0.4) is 0 Å². The molecule has 0 fully saturated rings. The van der Waals surface area contributed by atoms with Crippen LogP contribution in [0.5, 0.6) is 5.75 Å². The molecule has 1 aromatic heterocycles. The van der Waals surface area contributed by atoms with Gasteiger partial charge in [-0.25, -0.2) is 4.39 Å². The highest BCUT2D eigenvalue weighted by atomic mass is 19.3. The molecule has 3 nitrogen and oxygen atoms in total. The maximum absolute atomic E-state index is 14.0. The molecule has 0 atom stereocenters. The summed E-state index contributed by atoms with van der Waals surface area (Å²) >= 11 is 0. The van der Waals surface area contributed by atoms with E-state index in [0.717, 1.165) is 16.7 Å². The van der Waals surface area contributed by atoms with E-state index < -0.39 is 12.4 Å². The summed E-state index contributed by atoms with van der Waals surface area (Å²) < 4.78 is 42.9. The third-order valence-electron chi connectivity index (χ3n) is 5.02. The second-order valence-electron chi connectivity index (χ2n) is 7.01. The minimum absolute atomic E-state index is 0.0645. The molecule has 4 rings (SSSR count). The van der Waals surface area contributed by atoms with Crippen molar-refractivity contribution in [1.29, 1.82) is 0 Å². The number of nitrogens with one attached hydrogen (secondary N) is 1. The first kappa shape index (κ1) is 19.8. The van der Waals surface area contributed by atoms with Gasteiger partial charge in [-0.05, 0) is 54.3 Å². The average Bonchev–Trinajstić information content (AvgIpc) is 2.72. The number of aromatic nitrogens is 1. The van der Waals surface area contributed by atoms with Gasteiger partial charge in [0, 0.05) is 5.56 Å². The fraction of sp³-hybridized carbons (Fsp3) is 0.125. The number of hydrogen-bond donors (Lipinski definition) is 1. The lowest BCUT2D eigenvalue weighted by Crippen LogP contribution is -2.11. The van der Waals surface area contributed by atoms with Crippen LogP contribution in [0.1, 0.15) is 16.7 Å². The Morgan fingerprint density at radius 2 is 1.57 bits per heavy atom. The number of ether oxygens (including phenoxy) is 1. The Hall–Kier alpha value is -3.54. The Morgan fingerprint density at radius 3 is 2.20 bits per heavy atom.